The largest absolute Gasteiger partial charge is 0.352 e. The predicted octanol–water partition coefficient (Wildman–Crippen LogP) is 3.87. The molecule has 4 rings (SSSR count). The van der Waals surface area contributed by atoms with Gasteiger partial charge in [0, 0.05) is 43.7 Å². The molecule has 0 N–H and O–H groups in total. The van der Waals surface area contributed by atoms with E-state index < -0.39 is 0 Å². The molecule has 1 saturated heterocycles. The number of rotatable bonds is 4. The van der Waals surface area contributed by atoms with Crippen molar-refractivity contribution in [2.75, 3.05) is 31.1 Å². The van der Waals surface area contributed by atoms with Crippen LogP contribution in [0.5, 0.6) is 0 Å². The summed E-state index contributed by atoms with van der Waals surface area (Å²) in [5.74, 6) is 1.08. The zero-order valence-electron chi connectivity index (χ0n) is 16.1. The first-order valence-electron chi connectivity index (χ1n) is 9.77. The molecular formula is C23H24N4O. The average molecular weight is 372 g/mol. The third-order valence-corrected chi connectivity index (χ3v) is 5.11. The molecule has 0 radical (unpaired) electrons. The number of amides is 1. The topological polar surface area (TPSA) is 49.3 Å². The summed E-state index contributed by atoms with van der Waals surface area (Å²) in [5, 5.41) is 0. The van der Waals surface area contributed by atoms with E-state index in [1.165, 1.54) is 0 Å². The van der Waals surface area contributed by atoms with Crippen molar-refractivity contribution in [2.24, 2.45) is 0 Å². The lowest BCUT2D eigenvalue weighted by atomic mass is 10.0. The van der Waals surface area contributed by atoms with Gasteiger partial charge in [-0.25, -0.2) is 4.98 Å². The van der Waals surface area contributed by atoms with Gasteiger partial charge < -0.3 is 9.80 Å². The van der Waals surface area contributed by atoms with Crippen LogP contribution in [0, 0.1) is 0 Å². The minimum atomic E-state index is 0.218. The van der Waals surface area contributed by atoms with Crippen molar-refractivity contribution in [3.63, 3.8) is 0 Å². The minimum Gasteiger partial charge on any atom is -0.352 e. The third-order valence-electron chi connectivity index (χ3n) is 5.11. The first kappa shape index (κ1) is 18.2. The van der Waals surface area contributed by atoms with Crippen LogP contribution in [0.15, 0.2) is 66.9 Å². The highest BCUT2D eigenvalue weighted by atomic mass is 16.2. The van der Waals surface area contributed by atoms with Gasteiger partial charge in [0.05, 0.1) is 17.6 Å². The Kier molecular flexibility index (Phi) is 5.33. The number of benzene rings is 2. The summed E-state index contributed by atoms with van der Waals surface area (Å²) in [6.07, 6.45) is 2.41. The third kappa shape index (κ3) is 3.74. The maximum atomic E-state index is 11.9. The van der Waals surface area contributed by atoms with Crippen molar-refractivity contribution in [3.8, 4) is 22.5 Å². The lowest BCUT2D eigenvalue weighted by Gasteiger charge is -2.35. The van der Waals surface area contributed by atoms with Crippen molar-refractivity contribution >= 4 is 11.7 Å². The van der Waals surface area contributed by atoms with E-state index in [2.05, 4.69) is 29.2 Å². The zero-order chi connectivity index (χ0) is 19.3. The first-order chi connectivity index (χ1) is 13.8. The molecule has 1 aliphatic heterocycles. The summed E-state index contributed by atoms with van der Waals surface area (Å²) in [4.78, 5) is 25.9. The van der Waals surface area contributed by atoms with Crippen LogP contribution in [-0.2, 0) is 4.79 Å². The number of hydrogen-bond acceptors (Lipinski definition) is 4. The van der Waals surface area contributed by atoms with Crippen LogP contribution in [0.3, 0.4) is 0 Å². The van der Waals surface area contributed by atoms with E-state index in [-0.39, 0.29) is 5.91 Å². The molecule has 0 saturated carbocycles. The molecule has 0 aliphatic carbocycles. The SMILES string of the molecule is CCC(=O)N1CCN(c2cnc(-c3ccccc3)c(-c3ccccc3)n2)CC1. The van der Waals surface area contributed by atoms with Crippen LogP contribution in [0.2, 0.25) is 0 Å². The second-order valence-corrected chi connectivity index (χ2v) is 6.88. The molecule has 3 aromatic rings. The summed E-state index contributed by atoms with van der Waals surface area (Å²) in [6, 6.07) is 20.3. The fourth-order valence-corrected chi connectivity index (χ4v) is 3.55. The number of aromatic nitrogens is 2. The number of nitrogens with zero attached hydrogens (tertiary/aromatic N) is 4. The Bertz CT molecular complexity index is 935. The van der Waals surface area contributed by atoms with Gasteiger partial charge in [0.2, 0.25) is 5.91 Å². The Morgan fingerprint density at radius 3 is 2.00 bits per heavy atom. The molecule has 1 aliphatic rings. The fourth-order valence-electron chi connectivity index (χ4n) is 3.55. The van der Waals surface area contributed by atoms with Gasteiger partial charge in [-0.1, -0.05) is 67.6 Å². The molecule has 1 aromatic heterocycles. The molecule has 2 heterocycles. The highest BCUT2D eigenvalue weighted by Gasteiger charge is 2.22. The maximum Gasteiger partial charge on any atom is 0.222 e. The van der Waals surface area contributed by atoms with Crippen LogP contribution in [-0.4, -0.2) is 47.0 Å². The summed E-state index contributed by atoms with van der Waals surface area (Å²) in [6.45, 7) is 4.93. The Morgan fingerprint density at radius 2 is 1.43 bits per heavy atom. The van der Waals surface area contributed by atoms with Crippen LogP contribution >= 0.6 is 0 Å². The van der Waals surface area contributed by atoms with Crippen LogP contribution in [0.4, 0.5) is 5.82 Å². The lowest BCUT2D eigenvalue weighted by molar-refractivity contribution is -0.131. The van der Waals surface area contributed by atoms with Crippen LogP contribution in [0.1, 0.15) is 13.3 Å². The van der Waals surface area contributed by atoms with E-state index in [0.717, 1.165) is 54.5 Å². The second-order valence-electron chi connectivity index (χ2n) is 6.88. The van der Waals surface area contributed by atoms with Gasteiger partial charge in [-0.15, -0.1) is 0 Å². The normalized spacial score (nSPS) is 14.2. The van der Waals surface area contributed by atoms with Gasteiger partial charge in [0.1, 0.15) is 5.82 Å². The molecule has 2 aromatic carbocycles. The predicted molar refractivity (Wildman–Crippen MR) is 112 cm³/mol. The first-order valence-corrected chi connectivity index (χ1v) is 9.77. The highest BCUT2D eigenvalue weighted by Crippen LogP contribution is 2.30. The fraction of sp³-hybridized carbons (Fsp3) is 0.261. The number of carbonyl (C=O) groups excluding carboxylic acids is 1. The standard InChI is InChI=1S/C23H24N4O/c1-2-21(28)27-15-13-26(14-16-27)20-17-24-22(18-9-5-3-6-10-18)23(25-20)19-11-7-4-8-12-19/h3-12,17H,2,13-16H2,1H3. The molecule has 0 atom stereocenters. The molecule has 1 fully saturated rings. The molecule has 0 unspecified atom stereocenters. The van der Waals surface area contributed by atoms with E-state index in [4.69, 9.17) is 9.97 Å². The summed E-state index contributed by atoms with van der Waals surface area (Å²) in [7, 11) is 0. The molecule has 0 bridgehead atoms. The monoisotopic (exact) mass is 372 g/mol. The smallest absolute Gasteiger partial charge is 0.222 e. The maximum absolute atomic E-state index is 11.9. The second kappa shape index (κ2) is 8.21. The molecule has 142 valence electrons. The van der Waals surface area contributed by atoms with Crippen molar-refractivity contribution in [2.45, 2.75) is 13.3 Å². The zero-order valence-corrected chi connectivity index (χ0v) is 16.1. The Labute approximate surface area is 165 Å². The number of hydrogen-bond donors (Lipinski definition) is 0. The summed E-state index contributed by atoms with van der Waals surface area (Å²) < 4.78 is 0. The van der Waals surface area contributed by atoms with E-state index in [1.54, 1.807) is 0 Å². The van der Waals surface area contributed by atoms with E-state index in [1.807, 2.05) is 54.4 Å². The van der Waals surface area contributed by atoms with Crippen molar-refractivity contribution in [1.82, 2.24) is 14.9 Å². The minimum absolute atomic E-state index is 0.218. The quantitative estimate of drug-likeness (QED) is 0.698. The van der Waals surface area contributed by atoms with Crippen LogP contribution in [0.25, 0.3) is 22.5 Å². The lowest BCUT2D eigenvalue weighted by Crippen LogP contribution is -2.48. The van der Waals surface area contributed by atoms with Gasteiger partial charge in [0.25, 0.3) is 0 Å². The van der Waals surface area contributed by atoms with Gasteiger partial charge in [-0.05, 0) is 0 Å². The summed E-state index contributed by atoms with van der Waals surface area (Å²) in [5.41, 5.74) is 3.88. The molecule has 28 heavy (non-hydrogen) atoms. The summed E-state index contributed by atoms with van der Waals surface area (Å²) >= 11 is 0. The van der Waals surface area contributed by atoms with E-state index >= 15 is 0 Å². The molecule has 0 spiro atoms. The number of anilines is 1. The Balaban J connectivity index is 1.67. The number of piperazine rings is 1. The van der Waals surface area contributed by atoms with Gasteiger partial charge in [-0.3, -0.25) is 9.78 Å². The highest BCUT2D eigenvalue weighted by molar-refractivity contribution is 5.79. The van der Waals surface area contributed by atoms with Gasteiger partial charge >= 0.3 is 0 Å². The molecule has 1 amide bonds. The Morgan fingerprint density at radius 1 is 0.857 bits per heavy atom. The molecular weight excluding hydrogens is 348 g/mol. The van der Waals surface area contributed by atoms with E-state index in [9.17, 15) is 4.79 Å². The number of carbonyl (C=O) groups is 1. The van der Waals surface area contributed by atoms with Crippen molar-refractivity contribution in [3.05, 3.63) is 66.9 Å². The van der Waals surface area contributed by atoms with Gasteiger partial charge in [0.15, 0.2) is 0 Å². The van der Waals surface area contributed by atoms with Crippen molar-refractivity contribution < 1.29 is 4.79 Å². The Hall–Kier alpha value is -3.21. The van der Waals surface area contributed by atoms with Gasteiger partial charge in [-0.2, -0.15) is 0 Å². The molecule has 5 heteroatoms. The van der Waals surface area contributed by atoms with E-state index in [0.29, 0.717) is 6.42 Å². The van der Waals surface area contributed by atoms with Crippen LogP contribution < -0.4 is 4.90 Å². The molecule has 5 nitrogen and oxygen atoms in total. The van der Waals surface area contributed by atoms with Crippen molar-refractivity contribution in [1.29, 1.82) is 0 Å². The average Bonchev–Trinajstić information content (AvgIpc) is 2.79.